The van der Waals surface area contributed by atoms with E-state index in [0.29, 0.717) is 21.4 Å². The Kier molecular flexibility index (Phi) is 3.59. The number of halogens is 2. The van der Waals surface area contributed by atoms with E-state index in [0.717, 1.165) is 11.0 Å². The van der Waals surface area contributed by atoms with E-state index in [4.69, 9.17) is 35.4 Å². The van der Waals surface area contributed by atoms with E-state index in [1.54, 1.807) is 6.07 Å². The summed E-state index contributed by atoms with van der Waals surface area (Å²) in [5.41, 5.74) is 4.30. The third-order valence-electron chi connectivity index (χ3n) is 3.28. The number of hydrogen-bond donors (Lipinski definition) is 1. The van der Waals surface area contributed by atoms with Gasteiger partial charge < -0.3 is 9.55 Å². The molecule has 0 amide bonds. The molecule has 3 rings (SSSR count). The molecule has 0 bridgehead atoms. The van der Waals surface area contributed by atoms with Crippen LogP contribution in [0.25, 0.3) is 11.0 Å². The Morgan fingerprint density at radius 3 is 2.45 bits per heavy atom. The summed E-state index contributed by atoms with van der Waals surface area (Å²) in [6.45, 7) is 2.78. The summed E-state index contributed by atoms with van der Waals surface area (Å²) in [5.74, 6) is 0. The number of benzene rings is 2. The summed E-state index contributed by atoms with van der Waals surface area (Å²) in [6.07, 6.45) is 0. The highest BCUT2D eigenvalue weighted by atomic mass is 35.5. The lowest BCUT2D eigenvalue weighted by Gasteiger charge is -2.06. The molecule has 0 fully saturated rings. The van der Waals surface area contributed by atoms with E-state index in [1.165, 1.54) is 11.1 Å². The lowest BCUT2D eigenvalue weighted by molar-refractivity contribution is 0.810. The fourth-order valence-corrected chi connectivity index (χ4v) is 2.78. The van der Waals surface area contributed by atoms with Crippen LogP contribution in [0.4, 0.5) is 0 Å². The second-order valence-corrected chi connectivity index (χ2v) is 5.99. The second-order valence-electron chi connectivity index (χ2n) is 4.79. The Morgan fingerprint density at radius 2 is 1.75 bits per heavy atom. The van der Waals surface area contributed by atoms with E-state index < -0.39 is 0 Å². The first-order chi connectivity index (χ1) is 9.54. The number of aromatic nitrogens is 2. The van der Waals surface area contributed by atoms with Gasteiger partial charge in [-0.05, 0) is 36.8 Å². The van der Waals surface area contributed by atoms with Gasteiger partial charge in [0.25, 0.3) is 0 Å². The molecule has 2 nitrogen and oxygen atoms in total. The van der Waals surface area contributed by atoms with Crippen LogP contribution in [0.2, 0.25) is 10.0 Å². The summed E-state index contributed by atoms with van der Waals surface area (Å²) in [4.78, 5) is 3.16. The maximum atomic E-state index is 6.10. The van der Waals surface area contributed by atoms with Crippen molar-refractivity contribution in [2.45, 2.75) is 13.5 Å². The van der Waals surface area contributed by atoms with Crippen LogP contribution >= 0.6 is 35.4 Å². The molecule has 0 saturated carbocycles. The highest BCUT2D eigenvalue weighted by molar-refractivity contribution is 7.71. The first kappa shape index (κ1) is 13.7. The lowest BCUT2D eigenvalue weighted by atomic mass is 10.1. The molecular weight excluding hydrogens is 311 g/mol. The zero-order valence-electron chi connectivity index (χ0n) is 10.8. The largest absolute Gasteiger partial charge is 0.331 e. The summed E-state index contributed by atoms with van der Waals surface area (Å²) in [6, 6.07) is 12.1. The van der Waals surface area contributed by atoms with E-state index in [2.05, 4.69) is 36.2 Å². The van der Waals surface area contributed by atoms with Crippen molar-refractivity contribution in [3.63, 3.8) is 0 Å². The monoisotopic (exact) mass is 322 g/mol. The van der Waals surface area contributed by atoms with Crippen molar-refractivity contribution >= 4 is 46.5 Å². The summed E-state index contributed by atoms with van der Waals surface area (Å²) in [5, 5.41) is 1.06. The smallest absolute Gasteiger partial charge is 0.178 e. The minimum absolute atomic E-state index is 0.526. The predicted octanol–water partition coefficient (Wildman–Crippen LogP) is 5.36. The number of nitrogens with one attached hydrogen (secondary N) is 1. The molecule has 0 unspecified atom stereocenters. The van der Waals surface area contributed by atoms with E-state index in [1.807, 2.05) is 10.6 Å². The van der Waals surface area contributed by atoms with Gasteiger partial charge in [-0.2, -0.15) is 0 Å². The molecule has 2 aromatic carbocycles. The molecule has 20 heavy (non-hydrogen) atoms. The standard InChI is InChI=1S/C15H12Cl2N2S/c1-9-2-4-10(5-3-9)8-19-14-7-12(17)11(16)6-13(14)18-15(19)20/h2-7H,8H2,1H3,(H,18,20). The molecule has 1 N–H and O–H groups in total. The zero-order valence-corrected chi connectivity index (χ0v) is 13.1. The number of nitrogens with zero attached hydrogens (tertiary/aromatic N) is 1. The fourth-order valence-electron chi connectivity index (χ4n) is 2.18. The number of rotatable bonds is 2. The molecular formula is C15H12Cl2N2S. The van der Waals surface area contributed by atoms with Gasteiger partial charge in [0, 0.05) is 0 Å². The van der Waals surface area contributed by atoms with Gasteiger partial charge in [-0.25, -0.2) is 0 Å². The highest BCUT2D eigenvalue weighted by Gasteiger charge is 2.08. The van der Waals surface area contributed by atoms with Crippen LogP contribution in [0, 0.1) is 11.7 Å². The summed E-state index contributed by atoms with van der Waals surface area (Å²) in [7, 11) is 0. The first-order valence-corrected chi connectivity index (χ1v) is 7.34. The van der Waals surface area contributed by atoms with Crippen molar-refractivity contribution in [3.05, 3.63) is 62.3 Å². The predicted molar refractivity (Wildman–Crippen MR) is 87.4 cm³/mol. The van der Waals surface area contributed by atoms with E-state index >= 15 is 0 Å². The number of imidazole rings is 1. The topological polar surface area (TPSA) is 20.7 Å². The fraction of sp³-hybridized carbons (Fsp3) is 0.133. The minimum atomic E-state index is 0.526. The van der Waals surface area contributed by atoms with Gasteiger partial charge in [0.1, 0.15) is 0 Å². The zero-order chi connectivity index (χ0) is 14.3. The van der Waals surface area contributed by atoms with Crippen LogP contribution in [-0.2, 0) is 6.54 Å². The van der Waals surface area contributed by atoms with Gasteiger partial charge in [-0.1, -0.05) is 53.0 Å². The van der Waals surface area contributed by atoms with Crippen molar-refractivity contribution < 1.29 is 0 Å². The Morgan fingerprint density at radius 1 is 1.10 bits per heavy atom. The highest BCUT2D eigenvalue weighted by Crippen LogP contribution is 2.28. The molecule has 0 aliphatic carbocycles. The molecule has 0 radical (unpaired) electrons. The minimum Gasteiger partial charge on any atom is -0.331 e. The first-order valence-electron chi connectivity index (χ1n) is 6.18. The van der Waals surface area contributed by atoms with Crippen LogP contribution in [0.3, 0.4) is 0 Å². The number of H-pyrrole nitrogens is 1. The van der Waals surface area contributed by atoms with Crippen LogP contribution in [0.15, 0.2) is 36.4 Å². The molecule has 0 aliphatic heterocycles. The SMILES string of the molecule is Cc1ccc(Cn2c(=S)[nH]c3cc(Cl)c(Cl)cc32)cc1. The average Bonchev–Trinajstić information content (AvgIpc) is 2.69. The average molecular weight is 323 g/mol. The number of hydrogen-bond acceptors (Lipinski definition) is 1. The summed E-state index contributed by atoms with van der Waals surface area (Å²) < 4.78 is 2.69. The quantitative estimate of drug-likeness (QED) is 0.629. The molecule has 0 spiro atoms. The molecule has 0 aliphatic rings. The van der Waals surface area contributed by atoms with Crippen molar-refractivity contribution in [3.8, 4) is 0 Å². The molecule has 1 aromatic heterocycles. The van der Waals surface area contributed by atoms with Gasteiger partial charge in [-0.3, -0.25) is 0 Å². The van der Waals surface area contributed by atoms with Crippen molar-refractivity contribution in [2.75, 3.05) is 0 Å². The van der Waals surface area contributed by atoms with Crippen LogP contribution in [0.5, 0.6) is 0 Å². The third kappa shape index (κ3) is 2.49. The van der Waals surface area contributed by atoms with E-state index in [9.17, 15) is 0 Å². The van der Waals surface area contributed by atoms with Crippen LogP contribution in [-0.4, -0.2) is 9.55 Å². The normalized spacial score (nSPS) is 11.2. The Labute approximate surface area is 132 Å². The number of fused-ring (bicyclic) bond motifs is 1. The second kappa shape index (κ2) is 5.24. The van der Waals surface area contributed by atoms with Gasteiger partial charge in [0.05, 0.1) is 27.6 Å². The van der Waals surface area contributed by atoms with Gasteiger partial charge in [0.2, 0.25) is 0 Å². The van der Waals surface area contributed by atoms with Crippen molar-refractivity contribution in [2.24, 2.45) is 0 Å². The maximum Gasteiger partial charge on any atom is 0.178 e. The van der Waals surface area contributed by atoms with E-state index in [-0.39, 0.29) is 0 Å². The molecule has 1 heterocycles. The van der Waals surface area contributed by atoms with Crippen LogP contribution in [0.1, 0.15) is 11.1 Å². The van der Waals surface area contributed by atoms with Crippen molar-refractivity contribution in [1.82, 2.24) is 9.55 Å². The number of aromatic amines is 1. The Hall–Kier alpha value is -1.29. The van der Waals surface area contributed by atoms with Gasteiger partial charge >= 0.3 is 0 Å². The van der Waals surface area contributed by atoms with Gasteiger partial charge in [0.15, 0.2) is 4.77 Å². The number of aryl methyl sites for hydroxylation is 1. The maximum absolute atomic E-state index is 6.10. The Balaban J connectivity index is 2.11. The molecule has 0 atom stereocenters. The molecule has 3 aromatic rings. The third-order valence-corrected chi connectivity index (χ3v) is 4.32. The lowest BCUT2D eigenvalue weighted by Crippen LogP contribution is -1.99. The van der Waals surface area contributed by atoms with Crippen molar-refractivity contribution in [1.29, 1.82) is 0 Å². The Bertz CT molecular complexity index is 831. The van der Waals surface area contributed by atoms with Crippen LogP contribution < -0.4 is 0 Å². The van der Waals surface area contributed by atoms with Gasteiger partial charge in [-0.15, -0.1) is 0 Å². The molecule has 5 heteroatoms. The molecule has 102 valence electrons. The summed E-state index contributed by atoms with van der Waals surface area (Å²) >= 11 is 17.5. The molecule has 0 saturated heterocycles.